The second-order valence-corrected chi connectivity index (χ2v) is 7.68. The van der Waals surface area contributed by atoms with Gasteiger partial charge in [-0.2, -0.15) is 0 Å². The van der Waals surface area contributed by atoms with E-state index in [4.69, 9.17) is 5.11 Å². The average Bonchev–Trinajstić information content (AvgIpc) is 3.15. The minimum Gasteiger partial charge on any atom is -0.481 e. The lowest BCUT2D eigenvalue weighted by molar-refractivity contribution is -0.137. The van der Waals surface area contributed by atoms with Crippen LogP contribution in [0.2, 0.25) is 0 Å². The van der Waals surface area contributed by atoms with Crippen LogP contribution in [0.3, 0.4) is 0 Å². The van der Waals surface area contributed by atoms with Crippen LogP contribution in [0.1, 0.15) is 30.5 Å². The van der Waals surface area contributed by atoms with Gasteiger partial charge in [0.05, 0.1) is 5.39 Å². The minimum absolute atomic E-state index is 0.0497. The van der Waals surface area contributed by atoms with Gasteiger partial charge in [-0.3, -0.25) is 14.2 Å². The number of thiophene rings is 2. The van der Waals surface area contributed by atoms with Gasteiger partial charge in [0, 0.05) is 34.7 Å². The van der Waals surface area contributed by atoms with Crippen molar-refractivity contribution in [2.75, 3.05) is 0 Å². The van der Waals surface area contributed by atoms with E-state index in [9.17, 15) is 9.59 Å². The summed E-state index contributed by atoms with van der Waals surface area (Å²) in [6.45, 7) is 4.36. The number of carboxylic acids is 1. The van der Waals surface area contributed by atoms with Gasteiger partial charge in [-0.25, -0.2) is 4.98 Å². The molecule has 24 heavy (non-hydrogen) atoms. The molecular formula is C17H18N2O3S2. The summed E-state index contributed by atoms with van der Waals surface area (Å²) in [5, 5.41) is 11.5. The highest BCUT2D eigenvalue weighted by Crippen LogP contribution is 2.37. The first kappa shape index (κ1) is 16.9. The van der Waals surface area contributed by atoms with E-state index in [0.29, 0.717) is 24.8 Å². The van der Waals surface area contributed by atoms with Gasteiger partial charge < -0.3 is 5.11 Å². The maximum absolute atomic E-state index is 13.1. The highest BCUT2D eigenvalue weighted by Gasteiger charge is 2.19. The largest absolute Gasteiger partial charge is 0.481 e. The Bertz CT molecular complexity index is 939. The van der Waals surface area contributed by atoms with Crippen LogP contribution >= 0.6 is 22.7 Å². The molecule has 3 heterocycles. The van der Waals surface area contributed by atoms with Crippen molar-refractivity contribution in [3.63, 3.8) is 0 Å². The van der Waals surface area contributed by atoms with Gasteiger partial charge in [0.25, 0.3) is 5.56 Å². The zero-order chi connectivity index (χ0) is 17.3. The summed E-state index contributed by atoms with van der Waals surface area (Å²) in [5.74, 6) is -0.127. The number of rotatable bonds is 6. The van der Waals surface area contributed by atoms with E-state index < -0.39 is 5.97 Å². The number of hydrogen-bond donors (Lipinski definition) is 1. The first-order valence-electron chi connectivity index (χ1n) is 7.81. The molecule has 0 aliphatic rings. The highest BCUT2D eigenvalue weighted by atomic mass is 32.1. The third kappa shape index (κ3) is 3.01. The van der Waals surface area contributed by atoms with Crippen LogP contribution in [0.5, 0.6) is 0 Å². The lowest BCUT2D eigenvalue weighted by atomic mass is 10.1. The maximum Gasteiger partial charge on any atom is 0.303 e. The molecule has 0 radical (unpaired) electrons. The number of nitrogens with zero attached hydrogens (tertiary/aromatic N) is 2. The van der Waals surface area contributed by atoms with E-state index in [2.05, 4.69) is 4.98 Å². The Morgan fingerprint density at radius 2 is 2.21 bits per heavy atom. The molecule has 126 valence electrons. The van der Waals surface area contributed by atoms with Crippen molar-refractivity contribution in [3.8, 4) is 10.4 Å². The normalized spacial score (nSPS) is 11.2. The molecule has 3 rings (SSSR count). The van der Waals surface area contributed by atoms with Gasteiger partial charge in [0.15, 0.2) is 0 Å². The molecule has 0 fully saturated rings. The molecule has 0 aliphatic carbocycles. The fraction of sp³-hybridized carbons (Fsp3) is 0.353. The van der Waals surface area contributed by atoms with Gasteiger partial charge in [0.2, 0.25) is 0 Å². The standard InChI is InChI=1S/C17H18N2O3S2/c1-3-12-18-16-15(17(22)19(12)8-4-7-13(20)21)14(10(2)24-16)11-6-5-9-23-11/h5-6,9H,3-4,7-8H2,1-2H3,(H,20,21). The van der Waals surface area contributed by atoms with E-state index in [1.165, 1.54) is 0 Å². The van der Waals surface area contributed by atoms with E-state index in [1.807, 2.05) is 31.4 Å². The third-order valence-electron chi connectivity index (χ3n) is 3.92. The first-order chi connectivity index (χ1) is 11.5. The molecular weight excluding hydrogens is 344 g/mol. The topological polar surface area (TPSA) is 72.2 Å². The van der Waals surface area contributed by atoms with Crippen molar-refractivity contribution in [3.05, 3.63) is 38.6 Å². The molecule has 7 heteroatoms. The van der Waals surface area contributed by atoms with Crippen molar-refractivity contribution >= 4 is 38.9 Å². The summed E-state index contributed by atoms with van der Waals surface area (Å²) >= 11 is 3.16. The Hall–Kier alpha value is -1.99. The van der Waals surface area contributed by atoms with Crippen LogP contribution in [-0.4, -0.2) is 20.6 Å². The molecule has 0 aromatic carbocycles. The fourth-order valence-corrected chi connectivity index (χ4v) is 4.79. The Morgan fingerprint density at radius 3 is 2.83 bits per heavy atom. The first-order valence-corrected chi connectivity index (χ1v) is 9.51. The lowest BCUT2D eigenvalue weighted by Gasteiger charge is -2.11. The lowest BCUT2D eigenvalue weighted by Crippen LogP contribution is -2.25. The SMILES string of the molecule is CCc1nc2sc(C)c(-c3cccs3)c2c(=O)n1CCCC(=O)O. The van der Waals surface area contributed by atoms with Gasteiger partial charge >= 0.3 is 5.97 Å². The molecule has 0 spiro atoms. The van der Waals surface area contributed by atoms with Crippen LogP contribution in [0, 0.1) is 6.92 Å². The van der Waals surface area contributed by atoms with Crippen LogP contribution < -0.4 is 5.56 Å². The van der Waals surface area contributed by atoms with Gasteiger partial charge in [-0.1, -0.05) is 13.0 Å². The van der Waals surface area contributed by atoms with E-state index >= 15 is 0 Å². The van der Waals surface area contributed by atoms with Crippen molar-refractivity contribution in [1.29, 1.82) is 0 Å². The predicted octanol–water partition coefficient (Wildman–Crippen LogP) is 3.92. The molecule has 0 saturated heterocycles. The summed E-state index contributed by atoms with van der Waals surface area (Å²) in [6.07, 6.45) is 1.12. The maximum atomic E-state index is 13.1. The molecule has 3 aromatic rings. The van der Waals surface area contributed by atoms with Crippen LogP contribution in [0.15, 0.2) is 22.3 Å². The molecule has 5 nitrogen and oxygen atoms in total. The van der Waals surface area contributed by atoms with E-state index in [0.717, 1.165) is 26.0 Å². The number of hydrogen-bond acceptors (Lipinski definition) is 5. The fourth-order valence-electron chi connectivity index (χ4n) is 2.84. The quantitative estimate of drug-likeness (QED) is 0.721. The Morgan fingerprint density at radius 1 is 1.42 bits per heavy atom. The smallest absolute Gasteiger partial charge is 0.303 e. The van der Waals surface area contributed by atoms with Gasteiger partial charge in [-0.15, -0.1) is 22.7 Å². The predicted molar refractivity (Wildman–Crippen MR) is 98.2 cm³/mol. The number of aliphatic carboxylic acids is 1. The molecule has 0 atom stereocenters. The summed E-state index contributed by atoms with van der Waals surface area (Å²) in [7, 11) is 0. The second-order valence-electron chi connectivity index (χ2n) is 5.53. The third-order valence-corrected chi connectivity index (χ3v) is 5.81. The van der Waals surface area contributed by atoms with Crippen molar-refractivity contribution in [2.45, 2.75) is 39.7 Å². The molecule has 1 N–H and O–H groups in total. The molecule has 0 bridgehead atoms. The van der Waals surface area contributed by atoms with Crippen LogP contribution in [0.4, 0.5) is 0 Å². The monoisotopic (exact) mass is 362 g/mol. The summed E-state index contributed by atoms with van der Waals surface area (Å²) in [4.78, 5) is 31.5. The zero-order valence-electron chi connectivity index (χ0n) is 13.5. The second kappa shape index (κ2) is 6.86. The Kier molecular flexibility index (Phi) is 4.82. The van der Waals surface area contributed by atoms with E-state index in [1.54, 1.807) is 27.2 Å². The number of carboxylic acid groups (broad SMARTS) is 1. The number of fused-ring (bicyclic) bond motifs is 1. The number of aryl methyl sites for hydroxylation is 2. The van der Waals surface area contributed by atoms with Crippen LogP contribution in [0.25, 0.3) is 20.7 Å². The van der Waals surface area contributed by atoms with Crippen LogP contribution in [-0.2, 0) is 17.8 Å². The van der Waals surface area contributed by atoms with Crippen molar-refractivity contribution in [1.82, 2.24) is 9.55 Å². The zero-order valence-corrected chi connectivity index (χ0v) is 15.2. The molecule has 0 amide bonds. The summed E-state index contributed by atoms with van der Waals surface area (Å²) in [6, 6.07) is 3.99. The molecule has 0 saturated carbocycles. The molecule has 0 unspecified atom stereocenters. The molecule has 0 aliphatic heterocycles. The Labute approximate surface area is 147 Å². The Balaban J connectivity index is 2.17. The molecule has 3 aromatic heterocycles. The summed E-state index contributed by atoms with van der Waals surface area (Å²) in [5.41, 5.74) is 0.909. The number of aromatic nitrogens is 2. The highest BCUT2D eigenvalue weighted by molar-refractivity contribution is 7.20. The number of carbonyl (C=O) groups is 1. The van der Waals surface area contributed by atoms with Crippen molar-refractivity contribution in [2.24, 2.45) is 0 Å². The van der Waals surface area contributed by atoms with E-state index in [-0.39, 0.29) is 12.0 Å². The van der Waals surface area contributed by atoms with Gasteiger partial charge in [0.1, 0.15) is 10.7 Å². The minimum atomic E-state index is -0.846. The summed E-state index contributed by atoms with van der Waals surface area (Å²) < 4.78 is 1.65. The van der Waals surface area contributed by atoms with Gasteiger partial charge in [-0.05, 0) is 24.8 Å². The van der Waals surface area contributed by atoms with Crippen molar-refractivity contribution < 1.29 is 9.90 Å². The average molecular weight is 362 g/mol.